The Hall–Kier alpha value is -2.24. The Kier molecular flexibility index (Phi) is 7.81. The highest BCUT2D eigenvalue weighted by Gasteiger charge is 2.01. The molecule has 0 atom stereocenters. The van der Waals surface area contributed by atoms with Crippen LogP contribution in [0.4, 0.5) is 10.5 Å². The number of anilines is 1. The zero-order valence-electron chi connectivity index (χ0n) is 12.1. The maximum absolute atomic E-state index is 11.5. The van der Waals surface area contributed by atoms with Gasteiger partial charge in [0.05, 0.1) is 0 Å². The Morgan fingerprint density at radius 2 is 1.73 bits per heavy atom. The summed E-state index contributed by atoms with van der Waals surface area (Å²) in [5.74, 6) is 0.756. The van der Waals surface area contributed by atoms with Gasteiger partial charge in [0.25, 0.3) is 0 Å². The summed E-state index contributed by atoms with van der Waals surface area (Å²) < 4.78 is 5.67. The second-order valence-electron chi connectivity index (χ2n) is 4.47. The fraction of sp³-hybridized carbons (Fsp3) is 0.188. The Morgan fingerprint density at radius 1 is 1.05 bits per heavy atom. The summed E-state index contributed by atoms with van der Waals surface area (Å²) in [4.78, 5) is 11.5. The van der Waals surface area contributed by atoms with E-state index < -0.39 is 0 Å². The van der Waals surface area contributed by atoms with Crippen molar-refractivity contribution in [2.45, 2.75) is 6.61 Å². The summed E-state index contributed by atoms with van der Waals surface area (Å²) in [5, 5.41) is 5.35. The van der Waals surface area contributed by atoms with Crippen molar-refractivity contribution in [1.82, 2.24) is 5.32 Å². The van der Waals surface area contributed by atoms with Gasteiger partial charge in [-0.1, -0.05) is 30.3 Å². The molecule has 2 aromatic rings. The number of hydrogen-bond donors (Lipinski definition) is 3. The first-order chi connectivity index (χ1) is 10.3. The molecule has 0 aliphatic rings. The third-order valence-electron chi connectivity index (χ3n) is 2.79. The van der Waals surface area contributed by atoms with Crippen LogP contribution in [0, 0.1) is 0 Å². The molecule has 0 saturated heterocycles. The normalized spacial score (nSPS) is 9.50. The second-order valence-corrected chi connectivity index (χ2v) is 4.47. The van der Waals surface area contributed by atoms with E-state index in [4.69, 9.17) is 10.5 Å². The molecule has 0 fully saturated rings. The number of ether oxygens (including phenoxy) is 1. The minimum atomic E-state index is -0.265. The predicted octanol–water partition coefficient (Wildman–Crippen LogP) is 2.77. The van der Waals surface area contributed by atoms with Crippen LogP contribution >= 0.6 is 12.4 Å². The molecule has 5 nitrogen and oxygen atoms in total. The highest BCUT2D eigenvalue weighted by Crippen LogP contribution is 2.17. The number of carbonyl (C=O) groups excluding carboxylic acids is 1. The molecule has 2 aromatic carbocycles. The largest absolute Gasteiger partial charge is 0.489 e. The standard InChI is InChI=1S/C16H19N3O2.ClH/c17-10-11-18-16(20)19-14-6-8-15(9-7-14)21-12-13-4-2-1-3-5-13;/h1-9H,10-12,17H2,(H2,18,19,20);1H. The summed E-state index contributed by atoms with van der Waals surface area (Å²) >= 11 is 0. The van der Waals surface area contributed by atoms with Crippen molar-refractivity contribution < 1.29 is 9.53 Å². The van der Waals surface area contributed by atoms with Crippen LogP contribution in [0.15, 0.2) is 54.6 Å². The maximum Gasteiger partial charge on any atom is 0.319 e. The van der Waals surface area contributed by atoms with Gasteiger partial charge in [-0.25, -0.2) is 4.79 Å². The molecule has 0 bridgehead atoms. The van der Waals surface area contributed by atoms with Gasteiger partial charge in [0, 0.05) is 18.8 Å². The highest BCUT2D eigenvalue weighted by atomic mass is 35.5. The first-order valence-corrected chi connectivity index (χ1v) is 6.79. The van der Waals surface area contributed by atoms with Crippen molar-refractivity contribution in [1.29, 1.82) is 0 Å². The average molecular weight is 322 g/mol. The monoisotopic (exact) mass is 321 g/mol. The first-order valence-electron chi connectivity index (χ1n) is 6.79. The van der Waals surface area contributed by atoms with Gasteiger partial charge in [0.2, 0.25) is 0 Å². The Bertz CT molecular complexity index is 561. The number of urea groups is 1. The fourth-order valence-electron chi connectivity index (χ4n) is 1.74. The number of halogens is 1. The molecule has 0 radical (unpaired) electrons. The van der Waals surface area contributed by atoms with Gasteiger partial charge in [-0.3, -0.25) is 0 Å². The van der Waals surface area contributed by atoms with E-state index >= 15 is 0 Å². The maximum atomic E-state index is 11.5. The Labute approximate surface area is 136 Å². The summed E-state index contributed by atoms with van der Waals surface area (Å²) in [6.45, 7) is 1.38. The van der Waals surface area contributed by atoms with E-state index in [0.29, 0.717) is 25.4 Å². The number of benzene rings is 2. The van der Waals surface area contributed by atoms with E-state index in [1.807, 2.05) is 42.5 Å². The van der Waals surface area contributed by atoms with Gasteiger partial charge in [0.1, 0.15) is 12.4 Å². The Balaban J connectivity index is 0.00000242. The first kappa shape index (κ1) is 17.8. The lowest BCUT2D eigenvalue weighted by molar-refractivity contribution is 0.252. The van der Waals surface area contributed by atoms with Gasteiger partial charge in [-0.05, 0) is 29.8 Å². The van der Waals surface area contributed by atoms with Crippen molar-refractivity contribution in [3.05, 3.63) is 60.2 Å². The number of carbonyl (C=O) groups is 1. The van der Waals surface area contributed by atoms with Crippen LogP contribution in [0.3, 0.4) is 0 Å². The molecular weight excluding hydrogens is 302 g/mol. The van der Waals surface area contributed by atoms with Crippen LogP contribution in [-0.2, 0) is 6.61 Å². The van der Waals surface area contributed by atoms with Gasteiger partial charge in [0.15, 0.2) is 0 Å². The Morgan fingerprint density at radius 3 is 2.36 bits per heavy atom. The van der Waals surface area contributed by atoms with Gasteiger partial charge in [-0.2, -0.15) is 0 Å². The van der Waals surface area contributed by atoms with E-state index in [9.17, 15) is 4.79 Å². The molecule has 118 valence electrons. The van der Waals surface area contributed by atoms with Crippen LogP contribution in [-0.4, -0.2) is 19.1 Å². The van der Waals surface area contributed by atoms with Crippen molar-refractivity contribution in [2.75, 3.05) is 18.4 Å². The van der Waals surface area contributed by atoms with E-state index in [2.05, 4.69) is 10.6 Å². The zero-order chi connectivity index (χ0) is 14.9. The third kappa shape index (κ3) is 6.03. The van der Waals surface area contributed by atoms with Crippen LogP contribution in [0.5, 0.6) is 5.75 Å². The number of hydrogen-bond acceptors (Lipinski definition) is 3. The summed E-state index contributed by atoms with van der Waals surface area (Å²) in [5.41, 5.74) is 7.13. The molecule has 0 aliphatic heterocycles. The molecule has 2 rings (SSSR count). The SMILES string of the molecule is Cl.NCCNC(=O)Nc1ccc(OCc2ccccc2)cc1. The molecular formula is C16H20ClN3O2. The van der Waals surface area contributed by atoms with E-state index in [1.165, 1.54) is 0 Å². The van der Waals surface area contributed by atoms with Crippen molar-refractivity contribution in [3.8, 4) is 5.75 Å². The minimum Gasteiger partial charge on any atom is -0.489 e. The van der Waals surface area contributed by atoms with E-state index in [0.717, 1.165) is 11.3 Å². The van der Waals surface area contributed by atoms with Gasteiger partial charge >= 0.3 is 6.03 Å². The molecule has 0 aliphatic carbocycles. The molecule has 6 heteroatoms. The lowest BCUT2D eigenvalue weighted by atomic mass is 10.2. The zero-order valence-corrected chi connectivity index (χ0v) is 12.9. The molecule has 4 N–H and O–H groups in total. The summed E-state index contributed by atoms with van der Waals surface area (Å²) in [6, 6.07) is 16.9. The molecule has 0 heterocycles. The van der Waals surface area contributed by atoms with Crippen LogP contribution in [0.2, 0.25) is 0 Å². The second kappa shape index (κ2) is 9.65. The minimum absolute atomic E-state index is 0. The smallest absolute Gasteiger partial charge is 0.319 e. The van der Waals surface area contributed by atoms with E-state index in [1.54, 1.807) is 12.1 Å². The fourth-order valence-corrected chi connectivity index (χ4v) is 1.74. The highest BCUT2D eigenvalue weighted by molar-refractivity contribution is 5.89. The number of nitrogens with two attached hydrogens (primary N) is 1. The number of nitrogens with one attached hydrogen (secondary N) is 2. The van der Waals surface area contributed by atoms with E-state index in [-0.39, 0.29) is 18.4 Å². The lowest BCUT2D eigenvalue weighted by Gasteiger charge is -2.09. The topological polar surface area (TPSA) is 76.4 Å². The quantitative estimate of drug-likeness (QED) is 0.765. The van der Waals surface area contributed by atoms with Crippen molar-refractivity contribution in [2.24, 2.45) is 5.73 Å². The van der Waals surface area contributed by atoms with Gasteiger partial charge in [-0.15, -0.1) is 12.4 Å². The van der Waals surface area contributed by atoms with Crippen molar-refractivity contribution >= 4 is 24.1 Å². The molecule has 0 unspecified atom stereocenters. The molecule has 0 aromatic heterocycles. The number of rotatable bonds is 6. The number of amides is 2. The molecule has 0 spiro atoms. The van der Waals surface area contributed by atoms with Crippen molar-refractivity contribution in [3.63, 3.8) is 0 Å². The predicted molar refractivity (Wildman–Crippen MR) is 90.5 cm³/mol. The molecule has 22 heavy (non-hydrogen) atoms. The summed E-state index contributed by atoms with van der Waals surface area (Å²) in [6.07, 6.45) is 0. The third-order valence-corrected chi connectivity index (χ3v) is 2.79. The average Bonchev–Trinajstić information content (AvgIpc) is 2.53. The molecule has 2 amide bonds. The molecule has 0 saturated carbocycles. The lowest BCUT2D eigenvalue weighted by Crippen LogP contribution is -2.32. The van der Waals surface area contributed by atoms with Crippen LogP contribution < -0.4 is 21.1 Å². The van der Waals surface area contributed by atoms with Gasteiger partial charge < -0.3 is 21.1 Å². The van der Waals surface area contributed by atoms with Crippen LogP contribution in [0.1, 0.15) is 5.56 Å². The summed E-state index contributed by atoms with van der Waals surface area (Å²) in [7, 11) is 0. The van der Waals surface area contributed by atoms with Crippen LogP contribution in [0.25, 0.3) is 0 Å².